The largest absolute Gasteiger partial charge is 0.327 e. The summed E-state index contributed by atoms with van der Waals surface area (Å²) in [6.07, 6.45) is 0.315. The van der Waals surface area contributed by atoms with Crippen LogP contribution in [0.1, 0.15) is 58.5 Å². The van der Waals surface area contributed by atoms with E-state index in [1.54, 1.807) is 0 Å². The topological polar surface area (TPSA) is 72.9 Å². The quantitative estimate of drug-likeness (QED) is 0.890. The monoisotopic (exact) mass is 280 g/mol. The van der Waals surface area contributed by atoms with E-state index in [2.05, 4.69) is 24.3 Å². The molecule has 0 aliphatic rings. The number of rotatable bonds is 4. The number of hydrogen-bond acceptors (Lipinski definition) is 3. The van der Waals surface area contributed by atoms with Crippen molar-refractivity contribution in [2.75, 3.05) is 5.32 Å². The summed E-state index contributed by atoms with van der Waals surface area (Å²) in [5.74, 6) is -0.0538. The molecule has 0 radical (unpaired) electrons. The summed E-state index contributed by atoms with van der Waals surface area (Å²) in [6.45, 7) is 14.1. The van der Waals surface area contributed by atoms with Gasteiger partial charge in [-0.2, -0.15) is 5.10 Å². The van der Waals surface area contributed by atoms with E-state index in [0.29, 0.717) is 6.42 Å². The molecule has 0 aliphatic carbocycles. The lowest BCUT2D eigenvalue weighted by Crippen LogP contribution is -2.38. The number of hydrogen-bond donors (Lipinski definition) is 2. The number of nitrogens with zero attached hydrogens (tertiary/aromatic N) is 2. The summed E-state index contributed by atoms with van der Waals surface area (Å²) in [6, 6.07) is 0.111. The van der Waals surface area contributed by atoms with Gasteiger partial charge in [-0.05, 0) is 33.1 Å². The van der Waals surface area contributed by atoms with Crippen LogP contribution in [0.25, 0.3) is 0 Å². The van der Waals surface area contributed by atoms with Crippen molar-refractivity contribution in [1.82, 2.24) is 9.78 Å². The Bertz CT molecular complexity index is 483. The van der Waals surface area contributed by atoms with Gasteiger partial charge in [0.05, 0.1) is 17.1 Å². The molecule has 1 atom stereocenters. The summed E-state index contributed by atoms with van der Waals surface area (Å²) < 4.78 is 1.93. The van der Waals surface area contributed by atoms with Crippen molar-refractivity contribution in [2.24, 2.45) is 11.1 Å². The maximum atomic E-state index is 12.1. The molecule has 3 N–H and O–H groups in total. The highest BCUT2D eigenvalue weighted by atomic mass is 16.1. The van der Waals surface area contributed by atoms with E-state index in [9.17, 15) is 4.79 Å². The molecule has 1 heterocycles. The van der Waals surface area contributed by atoms with Gasteiger partial charge in [0.15, 0.2) is 0 Å². The minimum Gasteiger partial charge on any atom is -0.327 e. The number of anilines is 1. The lowest BCUT2D eigenvalue weighted by Gasteiger charge is -2.26. The Balaban J connectivity index is 2.82. The molecule has 114 valence electrons. The van der Waals surface area contributed by atoms with E-state index in [1.807, 2.05) is 39.3 Å². The third-order valence-electron chi connectivity index (χ3n) is 3.60. The first-order chi connectivity index (χ1) is 9.04. The van der Waals surface area contributed by atoms with E-state index >= 15 is 0 Å². The first-order valence-electron chi connectivity index (χ1n) is 7.15. The van der Waals surface area contributed by atoms with Crippen molar-refractivity contribution < 1.29 is 4.79 Å². The fraction of sp³-hybridized carbons (Fsp3) is 0.733. The molecule has 1 aromatic heterocycles. The maximum absolute atomic E-state index is 12.1. The van der Waals surface area contributed by atoms with E-state index in [0.717, 1.165) is 17.1 Å². The molecule has 5 nitrogen and oxygen atoms in total. The number of carbonyl (C=O) groups is 1. The summed E-state index contributed by atoms with van der Waals surface area (Å²) in [4.78, 5) is 12.1. The van der Waals surface area contributed by atoms with Crippen LogP contribution < -0.4 is 11.1 Å². The van der Waals surface area contributed by atoms with Gasteiger partial charge in [0, 0.05) is 18.5 Å². The van der Waals surface area contributed by atoms with Crippen LogP contribution >= 0.6 is 0 Å². The van der Waals surface area contributed by atoms with E-state index in [4.69, 9.17) is 5.73 Å². The molecule has 0 bridgehead atoms. The van der Waals surface area contributed by atoms with Gasteiger partial charge in [-0.25, -0.2) is 0 Å². The van der Waals surface area contributed by atoms with Gasteiger partial charge < -0.3 is 11.1 Å². The molecule has 5 heteroatoms. The molecule has 1 aromatic rings. The van der Waals surface area contributed by atoms with Crippen molar-refractivity contribution in [3.05, 3.63) is 11.4 Å². The van der Waals surface area contributed by atoms with Crippen LogP contribution in [-0.2, 0) is 4.79 Å². The highest BCUT2D eigenvalue weighted by Gasteiger charge is 2.24. The molecule has 1 rings (SSSR count). The Morgan fingerprint density at radius 3 is 2.30 bits per heavy atom. The molecular weight excluding hydrogens is 252 g/mol. The molecule has 1 unspecified atom stereocenters. The van der Waals surface area contributed by atoms with Crippen LogP contribution in [0.3, 0.4) is 0 Å². The van der Waals surface area contributed by atoms with Crippen molar-refractivity contribution >= 4 is 11.6 Å². The zero-order valence-electron chi connectivity index (χ0n) is 13.7. The van der Waals surface area contributed by atoms with E-state index in [-0.39, 0.29) is 23.4 Å². The molecule has 1 amide bonds. The van der Waals surface area contributed by atoms with Gasteiger partial charge in [-0.15, -0.1) is 0 Å². The lowest BCUT2D eigenvalue weighted by atomic mass is 9.85. The number of nitrogens with two attached hydrogens (primary N) is 1. The van der Waals surface area contributed by atoms with Crippen LogP contribution in [0.15, 0.2) is 0 Å². The fourth-order valence-corrected chi connectivity index (χ4v) is 2.04. The zero-order chi connectivity index (χ0) is 15.7. The van der Waals surface area contributed by atoms with Crippen LogP contribution in [-0.4, -0.2) is 21.7 Å². The summed E-state index contributed by atoms with van der Waals surface area (Å²) in [5.41, 5.74) is 8.61. The predicted molar refractivity (Wildman–Crippen MR) is 82.8 cm³/mol. The van der Waals surface area contributed by atoms with E-state index in [1.165, 1.54) is 0 Å². The molecule has 20 heavy (non-hydrogen) atoms. The number of amides is 1. The summed E-state index contributed by atoms with van der Waals surface area (Å²) in [5, 5.41) is 7.42. The van der Waals surface area contributed by atoms with Crippen LogP contribution in [0.4, 0.5) is 5.69 Å². The molecule has 0 spiro atoms. The lowest BCUT2D eigenvalue weighted by molar-refractivity contribution is -0.117. The summed E-state index contributed by atoms with van der Waals surface area (Å²) in [7, 11) is 0. The first kappa shape index (κ1) is 16.7. The Hall–Kier alpha value is -1.36. The minimum absolute atomic E-state index is 0.0538. The smallest absolute Gasteiger partial charge is 0.226 e. The molecule has 0 fully saturated rings. The third kappa shape index (κ3) is 3.82. The molecule has 0 saturated carbocycles. The normalized spacial score (nSPS) is 13.7. The Morgan fingerprint density at radius 2 is 1.90 bits per heavy atom. The number of nitrogens with one attached hydrogen (secondary N) is 1. The Kier molecular flexibility index (Phi) is 4.97. The Labute approximate surface area is 121 Å². The second-order valence-electron chi connectivity index (χ2n) is 6.81. The van der Waals surface area contributed by atoms with Gasteiger partial charge >= 0.3 is 0 Å². The van der Waals surface area contributed by atoms with Crippen molar-refractivity contribution in [1.29, 1.82) is 0 Å². The molecule has 0 saturated heterocycles. The third-order valence-corrected chi connectivity index (χ3v) is 3.60. The predicted octanol–water partition coefficient (Wildman–Crippen LogP) is 2.78. The zero-order valence-corrected chi connectivity index (χ0v) is 13.7. The van der Waals surface area contributed by atoms with Gasteiger partial charge in [-0.3, -0.25) is 9.48 Å². The summed E-state index contributed by atoms with van der Waals surface area (Å²) >= 11 is 0. The Morgan fingerprint density at radius 1 is 1.35 bits per heavy atom. The van der Waals surface area contributed by atoms with Crippen molar-refractivity contribution in [3.8, 4) is 0 Å². The average Bonchev–Trinajstić information content (AvgIpc) is 2.55. The van der Waals surface area contributed by atoms with Gasteiger partial charge in [0.1, 0.15) is 0 Å². The van der Waals surface area contributed by atoms with Gasteiger partial charge in [0.25, 0.3) is 0 Å². The number of aryl methyl sites for hydroxylation is 1. The first-order valence-corrected chi connectivity index (χ1v) is 7.15. The van der Waals surface area contributed by atoms with Gasteiger partial charge in [-0.1, -0.05) is 20.8 Å². The molecule has 0 aromatic carbocycles. The van der Waals surface area contributed by atoms with E-state index < -0.39 is 0 Å². The minimum atomic E-state index is -0.164. The number of aromatic nitrogens is 2. The highest BCUT2D eigenvalue weighted by molar-refractivity contribution is 5.92. The number of carbonyl (C=O) groups excluding carboxylic acids is 1. The molecule has 0 aliphatic heterocycles. The van der Waals surface area contributed by atoms with Gasteiger partial charge in [0.2, 0.25) is 5.91 Å². The second kappa shape index (κ2) is 5.95. The van der Waals surface area contributed by atoms with Crippen LogP contribution in [0.2, 0.25) is 0 Å². The highest BCUT2D eigenvalue weighted by Crippen LogP contribution is 2.24. The standard InChI is InChI=1S/C15H28N4O/c1-9(2)19-11(4)14(10(3)18-19)17-13(20)8-12(16)15(5,6)7/h9,12H,8,16H2,1-7H3,(H,17,20). The second-order valence-corrected chi connectivity index (χ2v) is 6.81. The van der Waals surface area contributed by atoms with Crippen molar-refractivity contribution in [3.63, 3.8) is 0 Å². The van der Waals surface area contributed by atoms with Crippen molar-refractivity contribution in [2.45, 2.75) is 67.0 Å². The van der Waals surface area contributed by atoms with Crippen LogP contribution in [0.5, 0.6) is 0 Å². The average molecular weight is 280 g/mol. The molecular formula is C15H28N4O. The fourth-order valence-electron chi connectivity index (χ4n) is 2.04. The SMILES string of the molecule is Cc1nn(C(C)C)c(C)c1NC(=O)CC(N)C(C)(C)C. The van der Waals surface area contributed by atoms with Crippen LogP contribution in [0, 0.1) is 19.3 Å². The maximum Gasteiger partial charge on any atom is 0.226 e.